The minimum Gasteiger partial charge on any atom is -0.391 e. The number of oxime groups is 1. The summed E-state index contributed by atoms with van der Waals surface area (Å²) in [5.41, 5.74) is 0.109. The van der Waals surface area contributed by atoms with E-state index in [1.165, 1.54) is 12.1 Å². The molecule has 2 atom stereocenters. The van der Waals surface area contributed by atoms with Gasteiger partial charge in [-0.25, -0.2) is 0 Å². The Morgan fingerprint density at radius 1 is 1.36 bits per heavy atom. The van der Waals surface area contributed by atoms with Crippen LogP contribution in [0.2, 0.25) is 0 Å². The van der Waals surface area contributed by atoms with Crippen molar-refractivity contribution >= 4 is 20.6 Å². The first kappa shape index (κ1) is 15.8. The van der Waals surface area contributed by atoms with Gasteiger partial charge in [0.2, 0.25) is 0 Å². The average Bonchev–Trinajstić information content (AvgIpc) is 3.07. The van der Waals surface area contributed by atoms with Gasteiger partial charge in [0.15, 0.2) is 0 Å². The molecule has 3 nitrogen and oxygen atoms in total. The van der Waals surface area contributed by atoms with Gasteiger partial charge in [-0.1, -0.05) is 23.4 Å². The number of hydrogen-bond acceptors (Lipinski definition) is 3. The topological polar surface area (TPSA) is 24.8 Å². The first-order valence-electron chi connectivity index (χ1n) is 7.18. The zero-order chi connectivity index (χ0) is 15.7. The lowest BCUT2D eigenvalue weighted by Gasteiger charge is -2.19. The van der Waals surface area contributed by atoms with Crippen molar-refractivity contribution < 1.29 is 18.0 Å². The number of alkyl halides is 3. The lowest BCUT2D eigenvalue weighted by molar-refractivity contribution is -0.137. The van der Waals surface area contributed by atoms with Crippen molar-refractivity contribution in [1.29, 1.82) is 0 Å². The Kier molecular flexibility index (Phi) is 4.45. The molecular weight excluding hydrogens is 361 g/mol. The highest BCUT2D eigenvalue weighted by atomic mass is 79.9. The molecule has 0 saturated carbocycles. The van der Waals surface area contributed by atoms with Gasteiger partial charge in [0.1, 0.15) is 10.7 Å². The van der Waals surface area contributed by atoms with Gasteiger partial charge in [-0.15, -0.1) is 0 Å². The van der Waals surface area contributed by atoms with Crippen LogP contribution in [-0.2, 0) is 17.6 Å². The summed E-state index contributed by atoms with van der Waals surface area (Å²) in [5.74, 6) is 0.379. The van der Waals surface area contributed by atoms with Gasteiger partial charge in [-0.3, -0.25) is 4.90 Å². The highest BCUT2D eigenvalue weighted by Gasteiger charge is 2.34. The van der Waals surface area contributed by atoms with E-state index in [9.17, 15) is 13.2 Å². The second-order valence-electron chi connectivity index (χ2n) is 5.80. The number of rotatable bonds is 3. The summed E-state index contributed by atoms with van der Waals surface area (Å²) in [6.45, 7) is 2.24. The van der Waals surface area contributed by atoms with Crippen LogP contribution in [0.15, 0.2) is 29.4 Å². The summed E-state index contributed by atoms with van der Waals surface area (Å²) in [4.78, 5) is 7.55. The summed E-state index contributed by atoms with van der Waals surface area (Å²) in [7, 11) is 0. The first-order valence-corrected chi connectivity index (χ1v) is 7.98. The highest BCUT2D eigenvalue weighted by molar-refractivity contribution is 9.18. The van der Waals surface area contributed by atoms with Gasteiger partial charge in [0.25, 0.3) is 0 Å². The van der Waals surface area contributed by atoms with E-state index in [4.69, 9.17) is 4.84 Å². The maximum Gasteiger partial charge on any atom is 0.416 e. The van der Waals surface area contributed by atoms with E-state index in [1.807, 2.05) is 0 Å². The minimum absolute atomic E-state index is 0.0842. The van der Waals surface area contributed by atoms with E-state index >= 15 is 0 Å². The summed E-state index contributed by atoms with van der Waals surface area (Å²) in [5, 5.41) is 3.90. The quantitative estimate of drug-likeness (QED) is 0.795. The molecule has 1 aromatic carbocycles. The van der Waals surface area contributed by atoms with Crippen LogP contribution in [-0.4, -0.2) is 28.7 Å². The number of nitrogens with zero attached hydrogens (tertiary/aromatic N) is 2. The molecule has 0 aromatic heterocycles. The fraction of sp³-hybridized carbons (Fsp3) is 0.533. The van der Waals surface area contributed by atoms with Crippen molar-refractivity contribution in [2.75, 3.05) is 13.1 Å². The fourth-order valence-electron chi connectivity index (χ4n) is 3.03. The van der Waals surface area contributed by atoms with E-state index in [0.29, 0.717) is 18.0 Å². The lowest BCUT2D eigenvalue weighted by Crippen LogP contribution is -2.25. The smallest absolute Gasteiger partial charge is 0.391 e. The van der Waals surface area contributed by atoms with Crippen LogP contribution >= 0.6 is 15.9 Å². The highest BCUT2D eigenvalue weighted by Crippen LogP contribution is 2.31. The Bertz CT molecular complexity index is 576. The second kappa shape index (κ2) is 6.20. The molecular formula is C15H16BrF3N2O. The lowest BCUT2D eigenvalue weighted by atomic mass is 10.00. The second-order valence-corrected chi connectivity index (χ2v) is 6.71. The van der Waals surface area contributed by atoms with Gasteiger partial charge in [-0.2, -0.15) is 13.2 Å². The van der Waals surface area contributed by atoms with E-state index in [1.54, 1.807) is 6.07 Å². The molecule has 22 heavy (non-hydrogen) atoms. The summed E-state index contributed by atoms with van der Waals surface area (Å²) in [6, 6.07) is 5.56. The van der Waals surface area contributed by atoms with E-state index in [-0.39, 0.29) is 6.10 Å². The number of halogens is 4. The molecule has 1 fully saturated rings. The van der Waals surface area contributed by atoms with Crippen molar-refractivity contribution in [2.45, 2.75) is 31.7 Å². The third-order valence-corrected chi connectivity index (χ3v) is 4.62. The van der Waals surface area contributed by atoms with E-state index in [0.717, 1.165) is 36.6 Å². The number of hydrogen-bond donors (Lipinski definition) is 0. The average molecular weight is 377 g/mol. The van der Waals surface area contributed by atoms with Crippen LogP contribution in [0, 0.1) is 5.92 Å². The van der Waals surface area contributed by atoms with Crippen molar-refractivity contribution in [3.8, 4) is 0 Å². The molecule has 0 aliphatic carbocycles. The molecule has 1 aromatic rings. The molecule has 120 valence electrons. The van der Waals surface area contributed by atoms with Gasteiger partial charge in [-0.05, 0) is 40.5 Å². The van der Waals surface area contributed by atoms with Gasteiger partial charge in [0, 0.05) is 25.4 Å². The number of benzene rings is 1. The summed E-state index contributed by atoms with van der Waals surface area (Å²) < 4.78 is 39.0. The SMILES string of the molecule is FC(F)(F)c1cccc(CN2CC[C@H](C3CC(Br)=NO3)C2)c1. The third kappa shape index (κ3) is 3.63. The summed E-state index contributed by atoms with van der Waals surface area (Å²) in [6.07, 6.45) is -2.44. The predicted molar refractivity (Wildman–Crippen MR) is 80.7 cm³/mol. The van der Waals surface area contributed by atoms with Crippen molar-refractivity contribution in [3.63, 3.8) is 0 Å². The van der Waals surface area contributed by atoms with Crippen LogP contribution in [0.5, 0.6) is 0 Å². The molecule has 1 saturated heterocycles. The molecule has 0 radical (unpaired) electrons. The maximum atomic E-state index is 12.7. The van der Waals surface area contributed by atoms with E-state index < -0.39 is 11.7 Å². The normalized spacial score (nSPS) is 26.1. The first-order chi connectivity index (χ1) is 10.4. The molecule has 0 bridgehead atoms. The molecule has 2 aliphatic heterocycles. The summed E-state index contributed by atoms with van der Waals surface area (Å²) >= 11 is 3.33. The third-order valence-electron chi connectivity index (χ3n) is 4.15. The Hall–Kier alpha value is -1.08. The van der Waals surface area contributed by atoms with E-state index in [2.05, 4.69) is 26.0 Å². The molecule has 2 aliphatic rings. The Balaban J connectivity index is 1.58. The molecule has 0 N–H and O–H groups in total. The maximum absolute atomic E-state index is 12.7. The van der Waals surface area contributed by atoms with Crippen LogP contribution in [0.4, 0.5) is 13.2 Å². The number of likely N-dealkylation sites (tertiary alicyclic amines) is 1. The van der Waals surface area contributed by atoms with Crippen LogP contribution in [0.1, 0.15) is 24.0 Å². The van der Waals surface area contributed by atoms with Crippen LogP contribution in [0.3, 0.4) is 0 Å². The van der Waals surface area contributed by atoms with Crippen molar-refractivity contribution in [1.82, 2.24) is 4.90 Å². The Labute approximate surface area is 135 Å². The Morgan fingerprint density at radius 3 is 2.86 bits per heavy atom. The Morgan fingerprint density at radius 2 is 2.18 bits per heavy atom. The van der Waals surface area contributed by atoms with Crippen LogP contribution < -0.4 is 0 Å². The molecule has 1 unspecified atom stereocenters. The monoisotopic (exact) mass is 376 g/mol. The molecule has 2 heterocycles. The fourth-order valence-corrected chi connectivity index (χ4v) is 3.43. The molecule has 0 amide bonds. The van der Waals surface area contributed by atoms with Gasteiger partial charge < -0.3 is 4.84 Å². The largest absolute Gasteiger partial charge is 0.416 e. The predicted octanol–water partition coefficient (Wildman–Crippen LogP) is 4.02. The van der Waals surface area contributed by atoms with Crippen LogP contribution in [0.25, 0.3) is 0 Å². The molecule has 3 rings (SSSR count). The van der Waals surface area contributed by atoms with Crippen molar-refractivity contribution in [3.05, 3.63) is 35.4 Å². The zero-order valence-electron chi connectivity index (χ0n) is 11.8. The standard InChI is InChI=1S/C15H16BrF3N2O/c16-14-7-13(22-20-14)11-4-5-21(9-11)8-10-2-1-3-12(6-10)15(17,18)19/h1-3,6,11,13H,4-5,7-9H2/t11-,13?/m0/s1. The van der Waals surface area contributed by atoms with Gasteiger partial charge in [0.05, 0.1) is 5.56 Å². The minimum atomic E-state index is -4.29. The molecule has 7 heteroatoms. The zero-order valence-corrected chi connectivity index (χ0v) is 13.4. The van der Waals surface area contributed by atoms with Crippen molar-refractivity contribution in [2.24, 2.45) is 11.1 Å². The molecule has 0 spiro atoms. The van der Waals surface area contributed by atoms with Gasteiger partial charge >= 0.3 is 6.18 Å².